The van der Waals surface area contributed by atoms with Crippen LogP contribution in [0.15, 0.2) is 24.3 Å². The second-order valence-corrected chi connectivity index (χ2v) is 6.40. The molecule has 0 fully saturated rings. The van der Waals surface area contributed by atoms with E-state index in [4.69, 9.17) is 18.9 Å². The van der Waals surface area contributed by atoms with Crippen LogP contribution in [0.5, 0.6) is 23.0 Å². The number of imide groups is 1. The number of rotatable bonds is 4. The molecule has 0 atom stereocenters. The van der Waals surface area contributed by atoms with Crippen molar-refractivity contribution in [3.05, 3.63) is 46.5 Å². The van der Waals surface area contributed by atoms with Gasteiger partial charge in [-0.05, 0) is 36.2 Å². The molecule has 0 radical (unpaired) electrons. The SMILES string of the molecule is COc1ccc(C(=O)O)c(C(=O)N2CCc3cc4c(cc3C2=O)OCO4)c1OC. The average Bonchev–Trinajstić information content (AvgIpc) is 3.18. The van der Waals surface area contributed by atoms with E-state index in [2.05, 4.69) is 0 Å². The third-order valence-electron chi connectivity index (χ3n) is 4.91. The molecule has 0 spiro atoms. The summed E-state index contributed by atoms with van der Waals surface area (Å²) in [6, 6.07) is 5.91. The second-order valence-electron chi connectivity index (χ2n) is 6.40. The minimum atomic E-state index is -1.32. The first-order valence-corrected chi connectivity index (χ1v) is 8.73. The largest absolute Gasteiger partial charge is 0.493 e. The van der Waals surface area contributed by atoms with Gasteiger partial charge < -0.3 is 24.1 Å². The monoisotopic (exact) mass is 399 g/mol. The Morgan fingerprint density at radius 2 is 1.83 bits per heavy atom. The van der Waals surface area contributed by atoms with Crippen molar-refractivity contribution in [3.8, 4) is 23.0 Å². The Hall–Kier alpha value is -3.75. The molecule has 150 valence electrons. The van der Waals surface area contributed by atoms with Crippen LogP contribution in [-0.2, 0) is 6.42 Å². The summed E-state index contributed by atoms with van der Waals surface area (Å²) in [5.74, 6) is -1.50. The number of carbonyl (C=O) groups is 3. The van der Waals surface area contributed by atoms with Gasteiger partial charge in [-0.2, -0.15) is 0 Å². The molecule has 0 bridgehead atoms. The molecule has 2 aromatic carbocycles. The van der Waals surface area contributed by atoms with E-state index in [1.807, 2.05) is 0 Å². The predicted molar refractivity (Wildman–Crippen MR) is 98.1 cm³/mol. The highest BCUT2D eigenvalue weighted by atomic mass is 16.7. The summed E-state index contributed by atoms with van der Waals surface area (Å²) in [5.41, 5.74) is 0.529. The lowest BCUT2D eigenvalue weighted by Gasteiger charge is -2.28. The first-order chi connectivity index (χ1) is 14.0. The zero-order valence-electron chi connectivity index (χ0n) is 15.7. The molecule has 2 aromatic rings. The first kappa shape index (κ1) is 18.6. The molecule has 2 amide bonds. The molecule has 9 heteroatoms. The summed E-state index contributed by atoms with van der Waals surface area (Å²) in [7, 11) is 2.67. The van der Waals surface area contributed by atoms with Gasteiger partial charge >= 0.3 is 5.97 Å². The number of carboxylic acids is 1. The highest BCUT2D eigenvalue weighted by Gasteiger charge is 2.36. The molecule has 9 nitrogen and oxygen atoms in total. The van der Waals surface area contributed by atoms with Crippen molar-refractivity contribution >= 4 is 17.8 Å². The molecule has 0 unspecified atom stereocenters. The number of benzene rings is 2. The van der Waals surface area contributed by atoms with Crippen molar-refractivity contribution in [2.45, 2.75) is 6.42 Å². The van der Waals surface area contributed by atoms with Gasteiger partial charge in [0.1, 0.15) is 5.56 Å². The van der Waals surface area contributed by atoms with Crippen LogP contribution in [0, 0.1) is 0 Å². The minimum absolute atomic E-state index is 0.0401. The van der Waals surface area contributed by atoms with E-state index in [-0.39, 0.29) is 36.0 Å². The Kier molecular flexibility index (Phi) is 4.50. The zero-order valence-corrected chi connectivity index (χ0v) is 15.7. The quantitative estimate of drug-likeness (QED) is 0.777. The number of hydrogen-bond acceptors (Lipinski definition) is 7. The molecule has 0 aromatic heterocycles. The lowest BCUT2D eigenvalue weighted by Crippen LogP contribution is -2.42. The van der Waals surface area contributed by atoms with Gasteiger partial charge in [0.05, 0.1) is 19.8 Å². The van der Waals surface area contributed by atoms with E-state index in [1.165, 1.54) is 26.4 Å². The van der Waals surface area contributed by atoms with E-state index in [1.54, 1.807) is 12.1 Å². The molecule has 0 saturated carbocycles. The summed E-state index contributed by atoms with van der Waals surface area (Å²) >= 11 is 0. The molecular weight excluding hydrogens is 382 g/mol. The topological polar surface area (TPSA) is 112 Å². The third kappa shape index (κ3) is 2.91. The van der Waals surface area contributed by atoms with E-state index in [0.717, 1.165) is 10.5 Å². The van der Waals surface area contributed by atoms with Crippen LogP contribution in [0.2, 0.25) is 0 Å². The van der Waals surface area contributed by atoms with Crippen LogP contribution in [-0.4, -0.2) is 55.3 Å². The first-order valence-electron chi connectivity index (χ1n) is 8.73. The fourth-order valence-corrected chi connectivity index (χ4v) is 3.52. The van der Waals surface area contributed by atoms with Gasteiger partial charge in [0.25, 0.3) is 11.8 Å². The van der Waals surface area contributed by atoms with Crippen LogP contribution in [0.1, 0.15) is 36.6 Å². The van der Waals surface area contributed by atoms with Crippen molar-refractivity contribution in [2.75, 3.05) is 27.6 Å². The fourth-order valence-electron chi connectivity index (χ4n) is 3.52. The average molecular weight is 399 g/mol. The maximum absolute atomic E-state index is 13.3. The van der Waals surface area contributed by atoms with E-state index >= 15 is 0 Å². The minimum Gasteiger partial charge on any atom is -0.493 e. The van der Waals surface area contributed by atoms with Crippen molar-refractivity contribution in [1.82, 2.24) is 4.90 Å². The standard InChI is InChI=1S/C20H17NO8/c1-26-13-4-3-11(20(24)25)16(17(13)27-2)19(23)21-6-5-10-7-14-15(29-9-28-14)8-12(10)18(21)22/h3-4,7-8H,5-6,9H2,1-2H3,(H,24,25). The van der Waals surface area contributed by atoms with Gasteiger partial charge in [-0.25, -0.2) is 4.79 Å². The number of carbonyl (C=O) groups excluding carboxylic acids is 2. The summed E-state index contributed by atoms with van der Waals surface area (Å²) in [6.07, 6.45) is 0.401. The molecule has 29 heavy (non-hydrogen) atoms. The number of ether oxygens (including phenoxy) is 4. The molecule has 0 saturated heterocycles. The van der Waals surface area contributed by atoms with Gasteiger partial charge in [-0.15, -0.1) is 0 Å². The Balaban J connectivity index is 1.78. The summed E-state index contributed by atoms with van der Waals surface area (Å²) in [6.45, 7) is 0.155. The van der Waals surface area contributed by atoms with Gasteiger partial charge in [-0.3, -0.25) is 14.5 Å². The second kappa shape index (κ2) is 7.01. The van der Waals surface area contributed by atoms with Crippen LogP contribution >= 0.6 is 0 Å². The Morgan fingerprint density at radius 1 is 1.10 bits per heavy atom. The number of nitrogens with zero attached hydrogens (tertiary/aromatic N) is 1. The summed E-state index contributed by atoms with van der Waals surface area (Å²) in [4.78, 5) is 39.0. The van der Waals surface area contributed by atoms with Gasteiger partial charge in [0.2, 0.25) is 6.79 Å². The number of amides is 2. The molecular formula is C20H17NO8. The number of methoxy groups -OCH3 is 2. The molecule has 2 heterocycles. The Morgan fingerprint density at radius 3 is 2.48 bits per heavy atom. The maximum atomic E-state index is 13.3. The number of fused-ring (bicyclic) bond motifs is 2. The summed E-state index contributed by atoms with van der Waals surface area (Å²) in [5, 5.41) is 9.54. The lowest BCUT2D eigenvalue weighted by molar-refractivity contribution is 0.0588. The zero-order chi connectivity index (χ0) is 20.7. The van der Waals surface area contributed by atoms with Crippen LogP contribution in [0.3, 0.4) is 0 Å². The van der Waals surface area contributed by atoms with E-state index < -0.39 is 17.8 Å². The fraction of sp³-hybridized carbons (Fsp3) is 0.250. The van der Waals surface area contributed by atoms with Crippen LogP contribution < -0.4 is 18.9 Å². The van der Waals surface area contributed by atoms with Gasteiger partial charge in [0.15, 0.2) is 23.0 Å². The van der Waals surface area contributed by atoms with Crippen molar-refractivity contribution in [1.29, 1.82) is 0 Å². The Labute approximate surface area is 165 Å². The van der Waals surface area contributed by atoms with Crippen molar-refractivity contribution < 1.29 is 38.4 Å². The van der Waals surface area contributed by atoms with Crippen molar-refractivity contribution in [3.63, 3.8) is 0 Å². The Bertz CT molecular complexity index is 1050. The van der Waals surface area contributed by atoms with E-state index in [0.29, 0.717) is 23.5 Å². The molecule has 4 rings (SSSR count). The van der Waals surface area contributed by atoms with Gasteiger partial charge in [0, 0.05) is 12.1 Å². The maximum Gasteiger partial charge on any atom is 0.336 e. The summed E-state index contributed by atoms with van der Waals surface area (Å²) < 4.78 is 21.1. The van der Waals surface area contributed by atoms with Crippen LogP contribution in [0.25, 0.3) is 0 Å². The lowest BCUT2D eigenvalue weighted by atomic mass is 9.96. The molecule has 2 aliphatic heterocycles. The molecule has 1 N–H and O–H groups in total. The number of aromatic carboxylic acids is 1. The predicted octanol–water partition coefficient (Wildman–Crippen LogP) is 1.97. The smallest absolute Gasteiger partial charge is 0.336 e. The van der Waals surface area contributed by atoms with Gasteiger partial charge in [-0.1, -0.05) is 0 Å². The number of carboxylic acid groups (broad SMARTS) is 1. The third-order valence-corrected chi connectivity index (χ3v) is 4.91. The van der Waals surface area contributed by atoms with Crippen LogP contribution in [0.4, 0.5) is 0 Å². The highest BCUT2D eigenvalue weighted by molar-refractivity contribution is 6.16. The molecule has 2 aliphatic rings. The molecule has 0 aliphatic carbocycles. The van der Waals surface area contributed by atoms with Crippen molar-refractivity contribution in [2.24, 2.45) is 0 Å². The normalized spacial score (nSPS) is 14.4. The highest BCUT2D eigenvalue weighted by Crippen LogP contribution is 2.38. The van der Waals surface area contributed by atoms with E-state index in [9.17, 15) is 19.5 Å². The number of hydrogen-bond donors (Lipinski definition) is 1.